The molecule has 0 saturated carbocycles. The normalized spacial score (nSPS) is 10.3. The average Bonchev–Trinajstić information content (AvgIpc) is 2.22. The molecule has 0 unspecified atom stereocenters. The van der Waals surface area contributed by atoms with Gasteiger partial charge in [0.1, 0.15) is 11.6 Å². The van der Waals surface area contributed by atoms with E-state index in [0.29, 0.717) is 17.1 Å². The van der Waals surface area contributed by atoms with E-state index < -0.39 is 0 Å². The van der Waals surface area contributed by atoms with E-state index in [1.165, 1.54) is 6.07 Å². The fraction of sp³-hybridized carbons (Fsp3) is 0.0833. The van der Waals surface area contributed by atoms with Crippen LogP contribution in [0.1, 0.15) is 5.56 Å². The molecule has 15 heavy (non-hydrogen) atoms. The Balaban J connectivity index is 2.58. The largest absolute Gasteiger partial charge is 0.384 e. The summed E-state index contributed by atoms with van der Waals surface area (Å²) in [7, 11) is 0. The Hall–Kier alpha value is -1.90. The molecule has 2 nitrogen and oxygen atoms in total. The molecule has 3 heteroatoms. The third kappa shape index (κ3) is 1.96. The fourth-order valence-corrected chi connectivity index (χ4v) is 1.44. The standard InChI is InChI=1S/C12H11FN2/c1-8-5-6-10(13)9(7-8)11-3-2-4-12(14)15-11/h2-7H,1H3,(H2,14,15). The van der Waals surface area contributed by atoms with Crippen molar-refractivity contribution in [3.63, 3.8) is 0 Å². The molecule has 1 aromatic carbocycles. The maximum absolute atomic E-state index is 13.5. The maximum Gasteiger partial charge on any atom is 0.132 e. The minimum atomic E-state index is -0.279. The van der Waals surface area contributed by atoms with Crippen LogP contribution >= 0.6 is 0 Å². The zero-order valence-electron chi connectivity index (χ0n) is 8.37. The molecular weight excluding hydrogens is 191 g/mol. The summed E-state index contributed by atoms with van der Waals surface area (Å²) in [6.07, 6.45) is 0. The van der Waals surface area contributed by atoms with Gasteiger partial charge in [0.15, 0.2) is 0 Å². The Morgan fingerprint density at radius 3 is 2.73 bits per heavy atom. The van der Waals surface area contributed by atoms with Crippen molar-refractivity contribution < 1.29 is 4.39 Å². The molecule has 0 saturated heterocycles. The van der Waals surface area contributed by atoms with Gasteiger partial charge >= 0.3 is 0 Å². The molecule has 0 aliphatic rings. The third-order valence-corrected chi connectivity index (χ3v) is 2.17. The lowest BCUT2D eigenvalue weighted by atomic mass is 10.1. The summed E-state index contributed by atoms with van der Waals surface area (Å²) < 4.78 is 13.5. The lowest BCUT2D eigenvalue weighted by molar-refractivity contribution is 0.630. The van der Waals surface area contributed by atoms with Crippen LogP contribution in [0, 0.1) is 12.7 Å². The molecule has 0 spiro atoms. The van der Waals surface area contributed by atoms with Crippen molar-refractivity contribution >= 4 is 5.82 Å². The van der Waals surface area contributed by atoms with Gasteiger partial charge in [-0.25, -0.2) is 9.37 Å². The van der Waals surface area contributed by atoms with E-state index in [4.69, 9.17) is 5.73 Å². The number of halogens is 1. The number of hydrogen-bond donors (Lipinski definition) is 1. The van der Waals surface area contributed by atoms with Crippen LogP contribution in [0.25, 0.3) is 11.3 Å². The predicted molar refractivity (Wildman–Crippen MR) is 58.8 cm³/mol. The van der Waals surface area contributed by atoms with Gasteiger partial charge in [-0.05, 0) is 31.2 Å². The molecule has 0 bridgehead atoms. The first-order valence-electron chi connectivity index (χ1n) is 4.66. The van der Waals surface area contributed by atoms with E-state index in [0.717, 1.165) is 5.56 Å². The summed E-state index contributed by atoms with van der Waals surface area (Å²) >= 11 is 0. The Morgan fingerprint density at radius 1 is 1.20 bits per heavy atom. The van der Waals surface area contributed by atoms with E-state index in [9.17, 15) is 4.39 Å². The molecule has 0 atom stereocenters. The zero-order chi connectivity index (χ0) is 10.8. The number of nitrogens with zero attached hydrogens (tertiary/aromatic N) is 1. The SMILES string of the molecule is Cc1ccc(F)c(-c2cccc(N)n2)c1. The molecule has 0 aliphatic heterocycles. The third-order valence-electron chi connectivity index (χ3n) is 2.17. The number of nitrogens with two attached hydrogens (primary N) is 1. The maximum atomic E-state index is 13.5. The van der Waals surface area contributed by atoms with Gasteiger partial charge in [-0.15, -0.1) is 0 Å². The molecular formula is C12H11FN2. The number of aromatic nitrogens is 1. The summed E-state index contributed by atoms with van der Waals surface area (Å²) in [5, 5.41) is 0. The Morgan fingerprint density at radius 2 is 2.00 bits per heavy atom. The summed E-state index contributed by atoms with van der Waals surface area (Å²) in [5.41, 5.74) is 7.60. The van der Waals surface area contributed by atoms with Crippen LogP contribution in [0.15, 0.2) is 36.4 Å². The zero-order valence-corrected chi connectivity index (χ0v) is 8.37. The van der Waals surface area contributed by atoms with Gasteiger partial charge in [-0.1, -0.05) is 17.7 Å². The molecule has 2 rings (SSSR count). The fourth-order valence-electron chi connectivity index (χ4n) is 1.44. The van der Waals surface area contributed by atoms with Crippen molar-refractivity contribution in [2.75, 3.05) is 5.73 Å². The van der Waals surface area contributed by atoms with Crippen LogP contribution in [-0.4, -0.2) is 4.98 Å². The van der Waals surface area contributed by atoms with Crippen LogP contribution < -0.4 is 5.73 Å². The molecule has 1 aromatic heterocycles. The molecule has 0 amide bonds. The molecule has 0 radical (unpaired) electrons. The highest BCUT2D eigenvalue weighted by Crippen LogP contribution is 2.22. The summed E-state index contributed by atoms with van der Waals surface area (Å²) in [5.74, 6) is 0.118. The van der Waals surface area contributed by atoms with E-state index in [1.54, 1.807) is 30.3 Å². The summed E-state index contributed by atoms with van der Waals surface area (Å²) in [6, 6.07) is 10.1. The van der Waals surface area contributed by atoms with E-state index in [1.807, 2.05) is 6.92 Å². The van der Waals surface area contributed by atoms with Gasteiger partial charge in [0.05, 0.1) is 5.69 Å². The Kier molecular flexibility index (Phi) is 2.37. The minimum Gasteiger partial charge on any atom is -0.384 e. The van der Waals surface area contributed by atoms with Crippen molar-refractivity contribution in [1.29, 1.82) is 0 Å². The monoisotopic (exact) mass is 202 g/mol. The van der Waals surface area contributed by atoms with Crippen molar-refractivity contribution in [3.05, 3.63) is 47.8 Å². The molecule has 76 valence electrons. The topological polar surface area (TPSA) is 38.9 Å². The summed E-state index contributed by atoms with van der Waals surface area (Å²) in [4.78, 5) is 4.08. The van der Waals surface area contributed by atoms with E-state index in [-0.39, 0.29) is 5.82 Å². The highest BCUT2D eigenvalue weighted by Gasteiger charge is 2.06. The molecule has 1 heterocycles. The van der Waals surface area contributed by atoms with Crippen molar-refractivity contribution in [2.45, 2.75) is 6.92 Å². The van der Waals surface area contributed by atoms with Crippen LogP contribution in [0.4, 0.5) is 10.2 Å². The van der Waals surface area contributed by atoms with Gasteiger partial charge in [-0.3, -0.25) is 0 Å². The highest BCUT2D eigenvalue weighted by molar-refractivity contribution is 5.62. The lowest BCUT2D eigenvalue weighted by Gasteiger charge is -2.04. The first-order chi connectivity index (χ1) is 7.16. The van der Waals surface area contributed by atoms with Gasteiger partial charge in [-0.2, -0.15) is 0 Å². The molecule has 0 fully saturated rings. The Bertz CT molecular complexity index is 495. The molecule has 2 N–H and O–H groups in total. The van der Waals surface area contributed by atoms with Crippen LogP contribution in [-0.2, 0) is 0 Å². The number of nitrogen functional groups attached to an aromatic ring is 1. The van der Waals surface area contributed by atoms with Gasteiger partial charge in [0, 0.05) is 5.56 Å². The first-order valence-corrected chi connectivity index (χ1v) is 4.66. The van der Waals surface area contributed by atoms with E-state index in [2.05, 4.69) is 4.98 Å². The number of pyridine rings is 1. The Labute approximate surface area is 87.6 Å². The van der Waals surface area contributed by atoms with Crippen molar-refractivity contribution in [3.8, 4) is 11.3 Å². The predicted octanol–water partition coefficient (Wildman–Crippen LogP) is 2.78. The molecule has 2 aromatic rings. The van der Waals surface area contributed by atoms with Crippen LogP contribution in [0.3, 0.4) is 0 Å². The van der Waals surface area contributed by atoms with Gasteiger partial charge in [0.2, 0.25) is 0 Å². The highest BCUT2D eigenvalue weighted by atomic mass is 19.1. The minimum absolute atomic E-state index is 0.279. The van der Waals surface area contributed by atoms with Crippen molar-refractivity contribution in [2.24, 2.45) is 0 Å². The second-order valence-electron chi connectivity index (χ2n) is 3.43. The van der Waals surface area contributed by atoms with Crippen LogP contribution in [0.2, 0.25) is 0 Å². The smallest absolute Gasteiger partial charge is 0.132 e. The van der Waals surface area contributed by atoms with Gasteiger partial charge in [0.25, 0.3) is 0 Å². The average molecular weight is 202 g/mol. The van der Waals surface area contributed by atoms with Crippen molar-refractivity contribution in [1.82, 2.24) is 4.98 Å². The quantitative estimate of drug-likeness (QED) is 0.772. The second kappa shape index (κ2) is 3.69. The number of hydrogen-bond acceptors (Lipinski definition) is 2. The summed E-state index contributed by atoms with van der Waals surface area (Å²) in [6.45, 7) is 1.91. The number of rotatable bonds is 1. The number of benzene rings is 1. The second-order valence-corrected chi connectivity index (χ2v) is 3.43. The lowest BCUT2D eigenvalue weighted by Crippen LogP contribution is -1.93. The van der Waals surface area contributed by atoms with Gasteiger partial charge < -0.3 is 5.73 Å². The van der Waals surface area contributed by atoms with E-state index >= 15 is 0 Å². The van der Waals surface area contributed by atoms with Crippen LogP contribution in [0.5, 0.6) is 0 Å². The molecule has 0 aliphatic carbocycles. The number of aryl methyl sites for hydroxylation is 1. The number of anilines is 1. The first kappa shape index (κ1) is 9.65.